The zero-order valence-corrected chi connectivity index (χ0v) is 24.9. The van der Waals surface area contributed by atoms with Crippen LogP contribution < -0.4 is 21.1 Å². The molecule has 0 unspecified atom stereocenters. The van der Waals surface area contributed by atoms with Gasteiger partial charge in [-0.15, -0.1) is 0 Å². The molecule has 4 heterocycles. The van der Waals surface area contributed by atoms with Gasteiger partial charge in [0.2, 0.25) is 0 Å². The number of benzene rings is 3. The number of hydrogen-bond donors (Lipinski definition) is 2. The lowest BCUT2D eigenvalue weighted by molar-refractivity contribution is -0.335. The van der Waals surface area contributed by atoms with Crippen molar-refractivity contribution in [2.24, 2.45) is 0 Å². The van der Waals surface area contributed by atoms with Gasteiger partial charge in [0.05, 0.1) is 47.9 Å². The van der Waals surface area contributed by atoms with E-state index in [0.717, 1.165) is 20.4 Å². The maximum atomic E-state index is 14.2. The fourth-order valence-electron chi connectivity index (χ4n) is 5.27. The van der Waals surface area contributed by atoms with E-state index < -0.39 is 5.92 Å². The lowest BCUT2D eigenvalue weighted by Crippen LogP contribution is -2.27. The van der Waals surface area contributed by atoms with Crippen molar-refractivity contribution in [3.05, 3.63) is 126 Å². The highest BCUT2D eigenvalue weighted by Gasteiger charge is 2.36. The fourth-order valence-corrected chi connectivity index (χ4v) is 7.50. The highest BCUT2D eigenvalue weighted by atomic mass is 35.5. The largest absolute Gasteiger partial charge is 0.366 e. The first-order valence-electron chi connectivity index (χ1n) is 12.7. The molecular formula is C29H22Cl2N6O2S2+2. The van der Waals surface area contributed by atoms with Crippen LogP contribution in [0.25, 0.3) is 30.7 Å². The Morgan fingerprint density at radius 2 is 1.20 bits per heavy atom. The first-order valence-corrected chi connectivity index (χ1v) is 15.1. The minimum absolute atomic E-state index is 0.263. The van der Waals surface area contributed by atoms with Crippen molar-refractivity contribution in [1.82, 2.24) is 19.6 Å². The number of thiazole rings is 2. The quantitative estimate of drug-likeness (QED) is 0.254. The molecule has 12 heteroatoms. The molecular weight excluding hydrogens is 599 g/mol. The summed E-state index contributed by atoms with van der Waals surface area (Å²) in [4.78, 5) is 35.0. The second-order valence-corrected chi connectivity index (χ2v) is 12.6. The molecule has 0 radical (unpaired) electrons. The summed E-state index contributed by atoms with van der Waals surface area (Å²) in [5.74, 6) is -0.719. The monoisotopic (exact) mass is 620 g/mol. The molecule has 0 fully saturated rings. The molecule has 204 valence electrons. The van der Waals surface area contributed by atoms with Crippen LogP contribution in [0.5, 0.6) is 0 Å². The van der Waals surface area contributed by atoms with Gasteiger partial charge in [-0.05, 0) is 78.5 Å². The standard InChI is InChI=1S/C29H20Cl2N6O2S2/c1-14-23(26(38)36(34-14)28-32-19-7-3-5-9-21(19)40-28)25(16-11-12-17(30)18(31)13-16)24-15(2)35-37(27(24)39)29-33-20-8-4-6-10-22(20)41-29/h3-13,25,34-35H,1-2H3/p+2. The van der Waals surface area contributed by atoms with Crippen LogP contribution in [0.4, 0.5) is 0 Å². The molecule has 3 aromatic carbocycles. The van der Waals surface area contributed by atoms with Crippen molar-refractivity contribution in [3.63, 3.8) is 0 Å². The van der Waals surface area contributed by atoms with E-state index in [4.69, 9.17) is 23.2 Å². The topological polar surface area (TPSA) is 104 Å². The predicted molar refractivity (Wildman–Crippen MR) is 164 cm³/mol. The first-order chi connectivity index (χ1) is 19.8. The Kier molecular flexibility index (Phi) is 6.24. The molecule has 0 atom stereocenters. The summed E-state index contributed by atoms with van der Waals surface area (Å²) < 4.78 is 5.04. The zero-order chi connectivity index (χ0) is 28.4. The van der Waals surface area contributed by atoms with Crippen LogP contribution in [0.3, 0.4) is 0 Å². The van der Waals surface area contributed by atoms with Crippen LogP contribution >= 0.6 is 45.9 Å². The van der Waals surface area contributed by atoms with E-state index in [9.17, 15) is 9.59 Å². The second-order valence-electron chi connectivity index (χ2n) is 9.75. The number of rotatable bonds is 5. The van der Waals surface area contributed by atoms with Gasteiger partial charge in [0.25, 0.3) is 0 Å². The van der Waals surface area contributed by atoms with Crippen LogP contribution in [0.2, 0.25) is 10.0 Å². The van der Waals surface area contributed by atoms with Gasteiger partial charge in [0.15, 0.2) is 0 Å². The van der Waals surface area contributed by atoms with Crippen molar-refractivity contribution in [3.8, 4) is 10.3 Å². The van der Waals surface area contributed by atoms with Crippen molar-refractivity contribution in [2.75, 3.05) is 0 Å². The molecule has 0 saturated heterocycles. The van der Waals surface area contributed by atoms with Gasteiger partial charge < -0.3 is 0 Å². The summed E-state index contributed by atoms with van der Waals surface area (Å²) in [6.07, 6.45) is 0. The molecule has 0 aliphatic heterocycles. The third-order valence-electron chi connectivity index (χ3n) is 7.17. The maximum Gasteiger partial charge on any atom is 0.366 e. The molecule has 8 nitrogen and oxygen atoms in total. The Morgan fingerprint density at radius 1 is 0.707 bits per heavy atom. The van der Waals surface area contributed by atoms with Gasteiger partial charge in [0.1, 0.15) is 11.0 Å². The second kappa shape index (κ2) is 9.85. The summed E-state index contributed by atoms with van der Waals surface area (Å²) in [6.45, 7) is 3.68. The van der Waals surface area contributed by atoms with Crippen molar-refractivity contribution < 1.29 is 9.97 Å². The highest BCUT2D eigenvalue weighted by molar-refractivity contribution is 7.20. The van der Waals surface area contributed by atoms with Gasteiger partial charge in [-0.2, -0.15) is 0 Å². The smallest absolute Gasteiger partial charge is 0.239 e. The fraction of sp³-hybridized carbons (Fsp3) is 0.103. The molecule has 41 heavy (non-hydrogen) atoms. The average Bonchev–Trinajstić information content (AvgIpc) is 3.71. The third-order valence-corrected chi connectivity index (χ3v) is 10.0. The maximum absolute atomic E-state index is 14.2. The Morgan fingerprint density at radius 3 is 1.66 bits per heavy atom. The lowest BCUT2D eigenvalue weighted by Gasteiger charge is -2.15. The minimum atomic E-state index is -0.719. The summed E-state index contributed by atoms with van der Waals surface area (Å²) in [6, 6.07) is 20.9. The normalized spacial score (nSPS) is 11.8. The van der Waals surface area contributed by atoms with Crippen LogP contribution in [0, 0.1) is 13.8 Å². The third kappa shape index (κ3) is 4.26. The number of para-hydroxylation sites is 2. The number of aromatic nitrogens is 6. The molecule has 0 saturated carbocycles. The van der Waals surface area contributed by atoms with E-state index in [-0.39, 0.29) is 11.1 Å². The minimum Gasteiger partial charge on any atom is -0.239 e. The van der Waals surface area contributed by atoms with E-state index in [1.54, 1.807) is 12.1 Å². The number of nitrogens with one attached hydrogen (secondary N) is 4. The van der Waals surface area contributed by atoms with E-state index in [1.807, 2.05) is 68.4 Å². The molecule has 0 bridgehead atoms. The summed E-state index contributed by atoms with van der Waals surface area (Å²) in [5, 5.41) is 8.47. The Balaban J connectivity index is 1.45. The SMILES string of the molecule is Cc1[nH]n(-c2[nH+]c3ccccc3s2)c(=O)c1C(c1ccc(Cl)c(Cl)c1)c1c(C)[nH]n(-c2[nH+]c3ccccc3s2)c1=O. The van der Waals surface area contributed by atoms with Crippen LogP contribution in [0.1, 0.15) is 34.0 Å². The molecule has 0 aliphatic carbocycles. The number of aromatic amines is 4. The zero-order valence-electron chi connectivity index (χ0n) is 21.7. The van der Waals surface area contributed by atoms with Gasteiger partial charge in [-0.3, -0.25) is 0 Å². The molecule has 0 amide bonds. The van der Waals surface area contributed by atoms with Crippen LogP contribution in [-0.4, -0.2) is 19.6 Å². The average molecular weight is 622 g/mol. The number of aryl methyl sites for hydroxylation is 2. The number of nitrogens with zero attached hydrogens (tertiary/aromatic N) is 2. The number of hydrogen-bond acceptors (Lipinski definition) is 4. The van der Waals surface area contributed by atoms with Gasteiger partial charge in [-0.25, -0.2) is 29.8 Å². The number of H-pyrrole nitrogens is 4. The van der Waals surface area contributed by atoms with Gasteiger partial charge >= 0.3 is 21.4 Å². The van der Waals surface area contributed by atoms with Crippen LogP contribution in [-0.2, 0) is 0 Å². The number of halogens is 2. The van der Waals surface area contributed by atoms with E-state index in [2.05, 4.69) is 20.2 Å². The highest BCUT2D eigenvalue weighted by Crippen LogP contribution is 2.35. The van der Waals surface area contributed by atoms with Crippen LogP contribution in [0.15, 0.2) is 76.3 Å². The van der Waals surface area contributed by atoms with Crippen molar-refractivity contribution in [2.45, 2.75) is 19.8 Å². The van der Waals surface area contributed by atoms with E-state index >= 15 is 0 Å². The summed E-state index contributed by atoms with van der Waals surface area (Å²) in [7, 11) is 0. The first kappa shape index (κ1) is 26.0. The Bertz CT molecular complexity index is 2040. The number of fused-ring (bicyclic) bond motifs is 2. The van der Waals surface area contributed by atoms with E-state index in [0.29, 0.717) is 48.4 Å². The van der Waals surface area contributed by atoms with E-state index in [1.165, 1.54) is 32.0 Å². The predicted octanol–water partition coefficient (Wildman–Crippen LogP) is 5.81. The molecule has 0 aliphatic rings. The van der Waals surface area contributed by atoms with Crippen molar-refractivity contribution in [1.29, 1.82) is 0 Å². The molecule has 4 N–H and O–H groups in total. The Hall–Kier alpha value is -3.96. The van der Waals surface area contributed by atoms with Crippen molar-refractivity contribution >= 4 is 66.3 Å². The molecule has 4 aromatic heterocycles. The lowest BCUT2D eigenvalue weighted by atomic mass is 9.85. The molecule has 7 aromatic rings. The van der Waals surface area contributed by atoms with Gasteiger partial charge in [0, 0.05) is 0 Å². The summed E-state index contributed by atoms with van der Waals surface area (Å²) >= 11 is 15.7. The summed E-state index contributed by atoms with van der Waals surface area (Å²) in [5.41, 5.74) is 4.17. The Labute approximate surface area is 250 Å². The molecule has 0 spiro atoms. The molecule has 7 rings (SSSR count). The van der Waals surface area contributed by atoms with Gasteiger partial charge in [-0.1, -0.05) is 62.9 Å².